The number of nitrogens with zero attached hydrogens (tertiary/aromatic N) is 1. The topological polar surface area (TPSA) is 70.7 Å². The van der Waals surface area contributed by atoms with Gasteiger partial charge in [-0.2, -0.15) is 0 Å². The number of ether oxygens (including phenoxy) is 1. The molecule has 0 aromatic carbocycles. The van der Waals surface area contributed by atoms with Gasteiger partial charge in [0.15, 0.2) is 6.23 Å². The van der Waals surface area contributed by atoms with Crippen molar-refractivity contribution in [2.24, 2.45) is 0 Å². The number of nitrogens with one attached hydrogen (secondary N) is 2. The van der Waals surface area contributed by atoms with Crippen molar-refractivity contribution in [2.75, 3.05) is 20.1 Å². The summed E-state index contributed by atoms with van der Waals surface area (Å²) in [5, 5.41) is 5.83. The molecule has 2 atom stereocenters. The molecule has 1 aliphatic rings. The number of amides is 1. The zero-order valence-electron chi connectivity index (χ0n) is 9.95. The highest BCUT2D eigenvalue weighted by molar-refractivity contribution is 5.73. The fraction of sp³-hybridized carbons (Fsp3) is 0.800. The first-order valence-electron chi connectivity index (χ1n) is 5.44. The van der Waals surface area contributed by atoms with E-state index in [0.29, 0.717) is 6.42 Å². The number of piperazine rings is 1. The van der Waals surface area contributed by atoms with Gasteiger partial charge in [0.1, 0.15) is 6.17 Å². The molecule has 0 spiro atoms. The highest BCUT2D eigenvalue weighted by Gasteiger charge is 2.32. The number of rotatable bonds is 3. The molecule has 0 aromatic heterocycles. The number of likely N-dealkylation sites (N-methyl/N-ethyl adjacent to an activating group) is 1. The Morgan fingerprint density at radius 1 is 1.56 bits per heavy atom. The summed E-state index contributed by atoms with van der Waals surface area (Å²) >= 11 is 0. The molecule has 92 valence electrons. The second kappa shape index (κ2) is 5.81. The molecule has 6 heteroatoms. The second-order valence-corrected chi connectivity index (χ2v) is 3.85. The largest absolute Gasteiger partial charge is 0.443 e. The third-order valence-corrected chi connectivity index (χ3v) is 2.45. The van der Waals surface area contributed by atoms with E-state index in [0.717, 1.165) is 13.1 Å². The van der Waals surface area contributed by atoms with E-state index in [9.17, 15) is 9.59 Å². The summed E-state index contributed by atoms with van der Waals surface area (Å²) < 4.78 is 5.28. The van der Waals surface area contributed by atoms with Gasteiger partial charge in [0.2, 0.25) is 5.91 Å². The van der Waals surface area contributed by atoms with Gasteiger partial charge in [0, 0.05) is 26.4 Å². The van der Waals surface area contributed by atoms with Crippen molar-refractivity contribution in [2.45, 2.75) is 32.7 Å². The van der Waals surface area contributed by atoms with Crippen molar-refractivity contribution in [3.63, 3.8) is 0 Å². The van der Waals surface area contributed by atoms with Crippen LogP contribution in [0.25, 0.3) is 0 Å². The van der Waals surface area contributed by atoms with Crippen LogP contribution >= 0.6 is 0 Å². The van der Waals surface area contributed by atoms with E-state index in [4.69, 9.17) is 4.74 Å². The maximum atomic E-state index is 11.3. The molecule has 0 aromatic rings. The number of hydrogen-bond donors (Lipinski definition) is 2. The van der Waals surface area contributed by atoms with Crippen LogP contribution in [0.2, 0.25) is 0 Å². The van der Waals surface area contributed by atoms with Gasteiger partial charge in [0.25, 0.3) is 0 Å². The minimum Gasteiger partial charge on any atom is -0.443 e. The molecule has 0 saturated carbocycles. The predicted octanol–water partition coefficient (Wildman–Crippen LogP) is -0.737. The predicted molar refractivity (Wildman–Crippen MR) is 58.4 cm³/mol. The van der Waals surface area contributed by atoms with Gasteiger partial charge in [0.05, 0.1) is 0 Å². The Kier molecular flexibility index (Phi) is 4.70. The summed E-state index contributed by atoms with van der Waals surface area (Å²) in [5.41, 5.74) is 0. The number of carbonyl (C=O) groups excluding carboxylic acids is 2. The van der Waals surface area contributed by atoms with Gasteiger partial charge in [-0.05, 0) is 7.05 Å². The standard InChI is InChI=1S/C10H19N3O3/c1-4-8(15)16-10-9(12-7(2)14)11-5-6-13(10)3/h9-11H,4-6H2,1-3H3,(H,12,14). The van der Waals surface area contributed by atoms with Gasteiger partial charge >= 0.3 is 5.97 Å². The summed E-state index contributed by atoms with van der Waals surface area (Å²) in [6.07, 6.45) is -0.450. The van der Waals surface area contributed by atoms with Crippen LogP contribution in [0.15, 0.2) is 0 Å². The van der Waals surface area contributed by atoms with E-state index >= 15 is 0 Å². The third kappa shape index (κ3) is 3.46. The summed E-state index contributed by atoms with van der Waals surface area (Å²) in [5.74, 6) is -0.416. The highest BCUT2D eigenvalue weighted by Crippen LogP contribution is 2.08. The van der Waals surface area contributed by atoms with Crippen molar-refractivity contribution in [1.29, 1.82) is 0 Å². The molecular formula is C10H19N3O3. The van der Waals surface area contributed by atoms with E-state index in [1.54, 1.807) is 6.92 Å². The fourth-order valence-corrected chi connectivity index (χ4v) is 1.60. The molecular weight excluding hydrogens is 210 g/mol. The molecule has 1 fully saturated rings. The van der Waals surface area contributed by atoms with Gasteiger partial charge in [-0.1, -0.05) is 6.92 Å². The molecule has 0 aliphatic carbocycles. The molecule has 1 saturated heterocycles. The van der Waals surface area contributed by atoms with E-state index in [2.05, 4.69) is 10.6 Å². The maximum absolute atomic E-state index is 11.3. The van der Waals surface area contributed by atoms with Gasteiger partial charge in [-0.25, -0.2) is 0 Å². The lowest BCUT2D eigenvalue weighted by atomic mass is 10.3. The van der Waals surface area contributed by atoms with Crippen LogP contribution < -0.4 is 10.6 Å². The van der Waals surface area contributed by atoms with Crippen LogP contribution in [0.1, 0.15) is 20.3 Å². The van der Waals surface area contributed by atoms with E-state index in [1.807, 2.05) is 11.9 Å². The Morgan fingerprint density at radius 3 is 2.81 bits per heavy atom. The van der Waals surface area contributed by atoms with E-state index in [1.165, 1.54) is 6.92 Å². The van der Waals surface area contributed by atoms with Crippen LogP contribution in [-0.2, 0) is 14.3 Å². The number of carbonyl (C=O) groups is 2. The summed E-state index contributed by atoms with van der Waals surface area (Å²) in [6, 6.07) is 0. The highest BCUT2D eigenvalue weighted by atomic mass is 16.6. The monoisotopic (exact) mass is 229 g/mol. The molecule has 0 bridgehead atoms. The van der Waals surface area contributed by atoms with Crippen molar-refractivity contribution >= 4 is 11.9 Å². The van der Waals surface area contributed by atoms with E-state index in [-0.39, 0.29) is 18.0 Å². The minimum absolute atomic E-state index is 0.148. The van der Waals surface area contributed by atoms with Crippen LogP contribution in [-0.4, -0.2) is 49.3 Å². The minimum atomic E-state index is -0.440. The van der Waals surface area contributed by atoms with E-state index < -0.39 is 6.23 Å². The molecule has 6 nitrogen and oxygen atoms in total. The van der Waals surface area contributed by atoms with Gasteiger partial charge in [-0.15, -0.1) is 0 Å². The molecule has 1 aliphatic heterocycles. The zero-order chi connectivity index (χ0) is 12.1. The summed E-state index contributed by atoms with van der Waals surface area (Å²) in [7, 11) is 1.86. The molecule has 2 N–H and O–H groups in total. The Hall–Kier alpha value is -1.14. The second-order valence-electron chi connectivity index (χ2n) is 3.85. The quantitative estimate of drug-likeness (QED) is 0.624. The Morgan fingerprint density at radius 2 is 2.25 bits per heavy atom. The van der Waals surface area contributed by atoms with Gasteiger partial charge < -0.3 is 10.1 Å². The lowest BCUT2D eigenvalue weighted by Gasteiger charge is -2.38. The van der Waals surface area contributed by atoms with Crippen LogP contribution in [0.4, 0.5) is 0 Å². The van der Waals surface area contributed by atoms with Crippen molar-refractivity contribution in [1.82, 2.24) is 15.5 Å². The molecule has 1 rings (SSSR count). The summed E-state index contributed by atoms with van der Waals surface area (Å²) in [6.45, 7) is 4.71. The average Bonchev–Trinajstić information content (AvgIpc) is 2.22. The van der Waals surface area contributed by atoms with Crippen LogP contribution in [0, 0.1) is 0 Å². The first kappa shape index (κ1) is 12.9. The molecule has 1 heterocycles. The Labute approximate surface area is 95.3 Å². The smallest absolute Gasteiger partial charge is 0.307 e. The van der Waals surface area contributed by atoms with Crippen molar-refractivity contribution in [3.8, 4) is 0 Å². The van der Waals surface area contributed by atoms with Crippen molar-refractivity contribution in [3.05, 3.63) is 0 Å². The number of hydrogen-bond acceptors (Lipinski definition) is 5. The Bertz CT molecular complexity index is 270. The first-order valence-corrected chi connectivity index (χ1v) is 5.44. The molecule has 0 radical (unpaired) electrons. The lowest BCUT2D eigenvalue weighted by molar-refractivity contribution is -0.165. The Balaban J connectivity index is 2.63. The summed E-state index contributed by atoms with van der Waals surface area (Å²) in [4.78, 5) is 24.2. The molecule has 1 amide bonds. The lowest BCUT2D eigenvalue weighted by Crippen LogP contribution is -2.64. The van der Waals surface area contributed by atoms with Crippen LogP contribution in [0.3, 0.4) is 0 Å². The fourth-order valence-electron chi connectivity index (χ4n) is 1.60. The number of esters is 1. The normalized spacial score (nSPS) is 26.2. The average molecular weight is 229 g/mol. The van der Waals surface area contributed by atoms with Crippen LogP contribution in [0.5, 0.6) is 0 Å². The SMILES string of the molecule is CCC(=O)OC1C(NC(C)=O)NCCN1C. The first-order chi connectivity index (χ1) is 7.54. The molecule has 2 unspecified atom stereocenters. The maximum Gasteiger partial charge on any atom is 0.307 e. The zero-order valence-corrected chi connectivity index (χ0v) is 9.95. The van der Waals surface area contributed by atoms with Crippen molar-refractivity contribution < 1.29 is 14.3 Å². The third-order valence-electron chi connectivity index (χ3n) is 2.45. The molecule has 16 heavy (non-hydrogen) atoms. The van der Waals surface area contributed by atoms with Gasteiger partial charge in [-0.3, -0.25) is 19.8 Å².